The summed E-state index contributed by atoms with van der Waals surface area (Å²) in [6.45, 7) is 7.30. The van der Waals surface area contributed by atoms with Crippen LogP contribution in [0.1, 0.15) is 25.5 Å². The standard InChI is InChI=1S/C15H24ClNO3/c1-4-17-12(2)14-11-13(16)5-6-15(14)20-10-9-19-8-7-18-3/h5-6,11-12,17H,4,7-10H2,1-3H3. The molecule has 0 spiro atoms. The second kappa shape index (κ2) is 10.00. The number of hydrogen-bond donors (Lipinski definition) is 1. The van der Waals surface area contributed by atoms with Gasteiger partial charge in [0.05, 0.1) is 19.8 Å². The Balaban J connectivity index is 2.51. The smallest absolute Gasteiger partial charge is 0.124 e. The molecule has 1 N–H and O–H groups in total. The number of benzene rings is 1. The highest BCUT2D eigenvalue weighted by atomic mass is 35.5. The number of nitrogens with one attached hydrogen (secondary N) is 1. The Bertz CT molecular complexity index is 387. The van der Waals surface area contributed by atoms with Gasteiger partial charge in [-0.05, 0) is 31.7 Å². The van der Waals surface area contributed by atoms with Crippen molar-refractivity contribution in [2.45, 2.75) is 19.9 Å². The summed E-state index contributed by atoms with van der Waals surface area (Å²) in [5, 5.41) is 4.08. The van der Waals surface area contributed by atoms with Crippen LogP contribution in [-0.2, 0) is 9.47 Å². The molecule has 0 saturated heterocycles. The van der Waals surface area contributed by atoms with Crippen LogP contribution in [0.5, 0.6) is 5.75 Å². The average molecular weight is 302 g/mol. The van der Waals surface area contributed by atoms with Gasteiger partial charge in [0.25, 0.3) is 0 Å². The highest BCUT2D eigenvalue weighted by Crippen LogP contribution is 2.28. The summed E-state index contributed by atoms with van der Waals surface area (Å²) in [6.07, 6.45) is 0. The minimum Gasteiger partial charge on any atom is -0.491 e. The zero-order chi connectivity index (χ0) is 14.8. The first-order valence-corrected chi connectivity index (χ1v) is 7.29. The van der Waals surface area contributed by atoms with E-state index in [4.69, 9.17) is 25.8 Å². The van der Waals surface area contributed by atoms with Gasteiger partial charge in [-0.3, -0.25) is 0 Å². The summed E-state index contributed by atoms with van der Waals surface area (Å²) in [7, 11) is 1.65. The van der Waals surface area contributed by atoms with Crippen molar-refractivity contribution in [2.75, 3.05) is 40.1 Å². The molecule has 1 unspecified atom stereocenters. The highest BCUT2D eigenvalue weighted by molar-refractivity contribution is 6.30. The summed E-state index contributed by atoms with van der Waals surface area (Å²) >= 11 is 6.06. The molecule has 0 radical (unpaired) electrons. The van der Waals surface area contributed by atoms with E-state index in [1.165, 1.54) is 0 Å². The lowest BCUT2D eigenvalue weighted by Crippen LogP contribution is -2.19. The summed E-state index contributed by atoms with van der Waals surface area (Å²) in [5.41, 5.74) is 1.07. The predicted molar refractivity (Wildman–Crippen MR) is 81.7 cm³/mol. The molecular formula is C15H24ClNO3. The van der Waals surface area contributed by atoms with E-state index in [2.05, 4.69) is 19.2 Å². The van der Waals surface area contributed by atoms with E-state index in [0.717, 1.165) is 17.9 Å². The zero-order valence-electron chi connectivity index (χ0n) is 12.4. The Morgan fingerprint density at radius 1 is 1.20 bits per heavy atom. The first kappa shape index (κ1) is 17.2. The van der Waals surface area contributed by atoms with Crippen LogP contribution in [0.2, 0.25) is 5.02 Å². The van der Waals surface area contributed by atoms with Crippen molar-refractivity contribution in [3.63, 3.8) is 0 Å². The van der Waals surface area contributed by atoms with E-state index < -0.39 is 0 Å². The van der Waals surface area contributed by atoms with E-state index in [0.29, 0.717) is 31.5 Å². The van der Waals surface area contributed by atoms with Gasteiger partial charge >= 0.3 is 0 Å². The van der Waals surface area contributed by atoms with Gasteiger partial charge in [-0.1, -0.05) is 18.5 Å². The third-order valence-corrected chi connectivity index (χ3v) is 3.10. The van der Waals surface area contributed by atoms with Gasteiger partial charge in [-0.25, -0.2) is 0 Å². The summed E-state index contributed by atoms with van der Waals surface area (Å²) in [6, 6.07) is 5.88. The van der Waals surface area contributed by atoms with E-state index in [9.17, 15) is 0 Å². The van der Waals surface area contributed by atoms with Gasteiger partial charge in [0.2, 0.25) is 0 Å². The van der Waals surface area contributed by atoms with Crippen molar-refractivity contribution in [1.29, 1.82) is 0 Å². The van der Waals surface area contributed by atoms with E-state index in [1.54, 1.807) is 7.11 Å². The number of methoxy groups -OCH3 is 1. The molecule has 1 aromatic rings. The second-order valence-corrected chi connectivity index (χ2v) is 4.85. The molecule has 1 rings (SSSR count). The Morgan fingerprint density at radius 2 is 1.95 bits per heavy atom. The second-order valence-electron chi connectivity index (χ2n) is 4.42. The number of ether oxygens (including phenoxy) is 3. The fraction of sp³-hybridized carbons (Fsp3) is 0.600. The monoisotopic (exact) mass is 301 g/mol. The third kappa shape index (κ3) is 6.09. The first-order chi connectivity index (χ1) is 9.69. The van der Waals surface area contributed by atoms with Gasteiger partial charge in [-0.15, -0.1) is 0 Å². The molecule has 0 saturated carbocycles. The molecule has 0 heterocycles. The molecule has 0 fully saturated rings. The molecule has 0 aliphatic heterocycles. The zero-order valence-corrected chi connectivity index (χ0v) is 13.2. The molecule has 1 atom stereocenters. The fourth-order valence-corrected chi connectivity index (χ4v) is 2.04. The van der Waals surface area contributed by atoms with Crippen LogP contribution >= 0.6 is 11.6 Å². The predicted octanol–water partition coefficient (Wildman–Crippen LogP) is 3.05. The largest absolute Gasteiger partial charge is 0.491 e. The van der Waals surface area contributed by atoms with Crippen molar-refractivity contribution in [2.24, 2.45) is 0 Å². The van der Waals surface area contributed by atoms with Crippen LogP contribution < -0.4 is 10.1 Å². The minimum atomic E-state index is 0.197. The van der Waals surface area contributed by atoms with Gasteiger partial charge in [0.1, 0.15) is 12.4 Å². The summed E-state index contributed by atoms with van der Waals surface area (Å²) < 4.78 is 16.1. The maximum Gasteiger partial charge on any atom is 0.124 e. The van der Waals surface area contributed by atoms with Gasteiger partial charge in [0.15, 0.2) is 0 Å². The van der Waals surface area contributed by atoms with E-state index >= 15 is 0 Å². The minimum absolute atomic E-state index is 0.197. The Labute approximate surface area is 126 Å². The van der Waals surface area contributed by atoms with Crippen molar-refractivity contribution in [1.82, 2.24) is 5.32 Å². The SMILES string of the molecule is CCNC(C)c1cc(Cl)ccc1OCCOCCOC. The van der Waals surface area contributed by atoms with Crippen molar-refractivity contribution in [3.8, 4) is 5.75 Å². The average Bonchev–Trinajstić information content (AvgIpc) is 2.44. The molecule has 20 heavy (non-hydrogen) atoms. The molecule has 0 aliphatic carbocycles. The van der Waals surface area contributed by atoms with Crippen LogP contribution in [0.15, 0.2) is 18.2 Å². The van der Waals surface area contributed by atoms with Crippen LogP contribution in [0.25, 0.3) is 0 Å². The maximum atomic E-state index is 6.06. The Hall–Kier alpha value is -0.810. The highest BCUT2D eigenvalue weighted by Gasteiger charge is 2.11. The van der Waals surface area contributed by atoms with Crippen LogP contribution in [0, 0.1) is 0 Å². The van der Waals surface area contributed by atoms with Crippen LogP contribution in [0.4, 0.5) is 0 Å². The maximum absolute atomic E-state index is 6.06. The molecule has 0 amide bonds. The third-order valence-electron chi connectivity index (χ3n) is 2.87. The normalized spacial score (nSPS) is 12.4. The number of halogens is 1. The first-order valence-electron chi connectivity index (χ1n) is 6.91. The van der Waals surface area contributed by atoms with Crippen LogP contribution in [0.3, 0.4) is 0 Å². The summed E-state index contributed by atoms with van der Waals surface area (Å²) in [4.78, 5) is 0. The lowest BCUT2D eigenvalue weighted by atomic mass is 10.1. The lowest BCUT2D eigenvalue weighted by molar-refractivity contribution is 0.0542. The molecule has 0 aromatic heterocycles. The molecule has 5 heteroatoms. The van der Waals surface area contributed by atoms with Gasteiger partial charge in [-0.2, -0.15) is 0 Å². The number of hydrogen-bond acceptors (Lipinski definition) is 4. The van der Waals surface area contributed by atoms with Crippen molar-refractivity contribution < 1.29 is 14.2 Å². The van der Waals surface area contributed by atoms with Gasteiger partial charge in [0, 0.05) is 23.7 Å². The number of rotatable bonds is 10. The Morgan fingerprint density at radius 3 is 2.65 bits per heavy atom. The molecule has 114 valence electrons. The Kier molecular flexibility index (Phi) is 8.62. The van der Waals surface area contributed by atoms with Crippen LogP contribution in [-0.4, -0.2) is 40.1 Å². The quantitative estimate of drug-likeness (QED) is 0.674. The molecular weight excluding hydrogens is 278 g/mol. The molecule has 4 nitrogen and oxygen atoms in total. The fourth-order valence-electron chi connectivity index (χ4n) is 1.86. The van der Waals surface area contributed by atoms with E-state index in [1.807, 2.05) is 18.2 Å². The van der Waals surface area contributed by atoms with Crippen molar-refractivity contribution >= 4 is 11.6 Å². The molecule has 0 aliphatic rings. The summed E-state index contributed by atoms with van der Waals surface area (Å²) in [5.74, 6) is 0.846. The van der Waals surface area contributed by atoms with Gasteiger partial charge < -0.3 is 19.5 Å². The molecule has 0 bridgehead atoms. The van der Waals surface area contributed by atoms with Crippen molar-refractivity contribution in [3.05, 3.63) is 28.8 Å². The molecule has 1 aromatic carbocycles. The lowest BCUT2D eigenvalue weighted by Gasteiger charge is -2.18. The van der Waals surface area contributed by atoms with E-state index in [-0.39, 0.29) is 6.04 Å². The topological polar surface area (TPSA) is 39.7 Å².